The first-order valence-electron chi connectivity index (χ1n) is 5.40. The quantitative estimate of drug-likeness (QED) is 0.834. The predicted octanol–water partition coefficient (Wildman–Crippen LogP) is 2.69. The van der Waals surface area contributed by atoms with Crippen LogP contribution in [0.15, 0.2) is 24.5 Å². The number of aryl methyl sites for hydroxylation is 1. The van der Waals surface area contributed by atoms with Crippen LogP contribution in [0.25, 0.3) is 5.69 Å². The molecule has 0 unspecified atom stereocenters. The first-order chi connectivity index (χ1) is 8.13. The number of nitrogen functional groups attached to an aromatic ring is 1. The van der Waals surface area contributed by atoms with Gasteiger partial charge in [-0.05, 0) is 6.42 Å². The van der Waals surface area contributed by atoms with E-state index in [9.17, 15) is 8.78 Å². The van der Waals surface area contributed by atoms with Crippen molar-refractivity contribution in [3.05, 3.63) is 42.0 Å². The van der Waals surface area contributed by atoms with Gasteiger partial charge in [0.2, 0.25) is 0 Å². The summed E-state index contributed by atoms with van der Waals surface area (Å²) in [5.74, 6) is -0.664. The molecule has 0 aliphatic carbocycles. The molecule has 0 aliphatic heterocycles. The summed E-state index contributed by atoms with van der Waals surface area (Å²) in [5, 5.41) is 0. The lowest BCUT2D eigenvalue weighted by molar-refractivity contribution is 0.584. The lowest BCUT2D eigenvalue weighted by atomic mass is 10.2. The summed E-state index contributed by atoms with van der Waals surface area (Å²) in [5.41, 5.74) is 5.84. The molecule has 0 amide bonds. The average Bonchev–Trinajstić information content (AvgIpc) is 2.72. The van der Waals surface area contributed by atoms with Gasteiger partial charge < -0.3 is 10.3 Å². The number of imidazole rings is 1. The van der Waals surface area contributed by atoms with E-state index in [0.717, 1.165) is 24.7 Å². The minimum atomic E-state index is -0.754. The van der Waals surface area contributed by atoms with Gasteiger partial charge in [-0.25, -0.2) is 13.8 Å². The monoisotopic (exact) mass is 237 g/mol. The third-order valence-corrected chi connectivity index (χ3v) is 2.52. The van der Waals surface area contributed by atoms with Gasteiger partial charge in [-0.2, -0.15) is 0 Å². The zero-order valence-corrected chi connectivity index (χ0v) is 9.45. The highest BCUT2D eigenvalue weighted by Gasteiger charge is 2.12. The number of rotatable bonds is 3. The maximum atomic E-state index is 13.4. The smallest absolute Gasteiger partial charge is 0.151 e. The van der Waals surface area contributed by atoms with Crippen LogP contribution in [-0.4, -0.2) is 9.55 Å². The van der Waals surface area contributed by atoms with E-state index in [2.05, 4.69) is 4.98 Å². The second-order valence-electron chi connectivity index (χ2n) is 3.78. The van der Waals surface area contributed by atoms with E-state index in [-0.39, 0.29) is 5.69 Å². The van der Waals surface area contributed by atoms with Crippen molar-refractivity contribution in [2.75, 3.05) is 5.73 Å². The number of nitrogens with two attached hydrogens (primary N) is 1. The summed E-state index contributed by atoms with van der Waals surface area (Å²) in [4.78, 5) is 4.15. The van der Waals surface area contributed by atoms with Crippen LogP contribution in [0.4, 0.5) is 14.5 Å². The van der Waals surface area contributed by atoms with Crippen LogP contribution >= 0.6 is 0 Å². The molecule has 0 spiro atoms. The Hall–Kier alpha value is -1.91. The van der Waals surface area contributed by atoms with Crippen LogP contribution in [0.2, 0.25) is 0 Å². The van der Waals surface area contributed by atoms with Crippen LogP contribution < -0.4 is 5.73 Å². The number of benzene rings is 1. The molecule has 1 aromatic heterocycles. The molecule has 3 nitrogen and oxygen atoms in total. The average molecular weight is 237 g/mol. The molecule has 1 heterocycles. The van der Waals surface area contributed by atoms with E-state index in [1.54, 1.807) is 17.0 Å². The number of hydrogen-bond donors (Lipinski definition) is 1. The fourth-order valence-corrected chi connectivity index (χ4v) is 1.73. The van der Waals surface area contributed by atoms with Crippen LogP contribution in [0.1, 0.15) is 19.2 Å². The van der Waals surface area contributed by atoms with Crippen LogP contribution in [0, 0.1) is 11.6 Å². The van der Waals surface area contributed by atoms with Crippen molar-refractivity contribution in [1.82, 2.24) is 9.55 Å². The Labute approximate surface area is 97.9 Å². The predicted molar refractivity (Wildman–Crippen MR) is 61.9 cm³/mol. The molecule has 2 N–H and O–H groups in total. The Balaban J connectivity index is 2.56. The zero-order chi connectivity index (χ0) is 12.4. The van der Waals surface area contributed by atoms with E-state index in [1.807, 2.05) is 6.92 Å². The summed E-state index contributed by atoms with van der Waals surface area (Å²) >= 11 is 0. The number of nitrogens with zero attached hydrogens (tertiary/aromatic N) is 2. The van der Waals surface area contributed by atoms with Gasteiger partial charge in [0.15, 0.2) is 5.82 Å². The molecule has 0 fully saturated rings. The fourth-order valence-electron chi connectivity index (χ4n) is 1.73. The van der Waals surface area contributed by atoms with Crippen molar-refractivity contribution in [1.29, 1.82) is 0 Å². The number of aromatic nitrogens is 2. The largest absolute Gasteiger partial charge is 0.395 e. The molecule has 0 atom stereocenters. The van der Waals surface area contributed by atoms with Gasteiger partial charge in [-0.15, -0.1) is 0 Å². The minimum absolute atomic E-state index is 0.0678. The molecule has 0 aliphatic rings. The SMILES string of the molecule is CCCc1nccn1-c1cc(F)cc(F)c1N. The first-order valence-corrected chi connectivity index (χ1v) is 5.40. The van der Waals surface area contributed by atoms with Gasteiger partial charge >= 0.3 is 0 Å². The van der Waals surface area contributed by atoms with Crippen LogP contribution in [-0.2, 0) is 6.42 Å². The van der Waals surface area contributed by atoms with Crippen LogP contribution in [0.3, 0.4) is 0 Å². The van der Waals surface area contributed by atoms with Gasteiger partial charge in [0.25, 0.3) is 0 Å². The van der Waals surface area contributed by atoms with E-state index < -0.39 is 11.6 Å². The maximum absolute atomic E-state index is 13.4. The molecule has 2 aromatic rings. The third-order valence-electron chi connectivity index (χ3n) is 2.52. The highest BCUT2D eigenvalue weighted by molar-refractivity contribution is 5.59. The number of hydrogen-bond acceptors (Lipinski definition) is 2. The Morgan fingerprint density at radius 1 is 1.35 bits per heavy atom. The van der Waals surface area contributed by atoms with Gasteiger partial charge in [-0.1, -0.05) is 6.92 Å². The molecule has 5 heteroatoms. The summed E-state index contributed by atoms with van der Waals surface area (Å²) < 4.78 is 28.2. The number of anilines is 1. The summed E-state index contributed by atoms with van der Waals surface area (Å²) in [6, 6.07) is 1.98. The molecular formula is C12H13F2N3. The lowest BCUT2D eigenvalue weighted by Crippen LogP contribution is -2.06. The van der Waals surface area contributed by atoms with E-state index in [4.69, 9.17) is 5.73 Å². The van der Waals surface area contributed by atoms with Crippen molar-refractivity contribution < 1.29 is 8.78 Å². The maximum Gasteiger partial charge on any atom is 0.151 e. The second-order valence-corrected chi connectivity index (χ2v) is 3.78. The van der Waals surface area contributed by atoms with Crippen molar-refractivity contribution in [2.24, 2.45) is 0 Å². The Morgan fingerprint density at radius 2 is 2.12 bits per heavy atom. The molecule has 0 radical (unpaired) electrons. The Bertz CT molecular complexity index is 535. The summed E-state index contributed by atoms with van der Waals surface area (Å²) in [6.45, 7) is 2.01. The van der Waals surface area contributed by atoms with Gasteiger partial charge in [-0.3, -0.25) is 0 Å². The molecule has 17 heavy (non-hydrogen) atoms. The van der Waals surface area contributed by atoms with Gasteiger partial charge in [0, 0.05) is 30.9 Å². The highest BCUT2D eigenvalue weighted by Crippen LogP contribution is 2.23. The Kier molecular flexibility index (Phi) is 3.08. The molecular weight excluding hydrogens is 224 g/mol. The van der Waals surface area contributed by atoms with Crippen molar-refractivity contribution in [3.63, 3.8) is 0 Å². The lowest BCUT2D eigenvalue weighted by Gasteiger charge is -2.11. The molecule has 0 bridgehead atoms. The van der Waals surface area contributed by atoms with E-state index in [0.29, 0.717) is 5.69 Å². The van der Waals surface area contributed by atoms with Gasteiger partial charge in [0.05, 0.1) is 11.4 Å². The molecule has 0 saturated heterocycles. The molecule has 0 saturated carbocycles. The second kappa shape index (κ2) is 4.53. The number of halogens is 2. The standard InChI is InChI=1S/C12H13F2N3/c1-2-3-11-16-4-5-17(11)10-7-8(13)6-9(14)12(10)15/h4-7H,2-3,15H2,1H3. The fraction of sp³-hybridized carbons (Fsp3) is 0.250. The molecule has 90 valence electrons. The van der Waals surface area contributed by atoms with Crippen molar-refractivity contribution in [2.45, 2.75) is 19.8 Å². The summed E-state index contributed by atoms with van der Waals surface area (Å²) in [6.07, 6.45) is 4.86. The highest BCUT2D eigenvalue weighted by atomic mass is 19.1. The van der Waals surface area contributed by atoms with Gasteiger partial charge in [0.1, 0.15) is 11.6 Å². The van der Waals surface area contributed by atoms with Crippen LogP contribution in [0.5, 0.6) is 0 Å². The van der Waals surface area contributed by atoms with E-state index in [1.165, 1.54) is 6.07 Å². The normalized spacial score (nSPS) is 10.8. The minimum Gasteiger partial charge on any atom is -0.395 e. The van der Waals surface area contributed by atoms with E-state index >= 15 is 0 Å². The Morgan fingerprint density at radius 3 is 2.82 bits per heavy atom. The third kappa shape index (κ3) is 2.13. The molecule has 2 rings (SSSR count). The molecule has 1 aromatic carbocycles. The van der Waals surface area contributed by atoms with Crippen molar-refractivity contribution in [3.8, 4) is 5.69 Å². The van der Waals surface area contributed by atoms with Crippen molar-refractivity contribution >= 4 is 5.69 Å². The summed E-state index contributed by atoms with van der Waals surface area (Å²) in [7, 11) is 0. The zero-order valence-electron chi connectivity index (χ0n) is 9.45. The topological polar surface area (TPSA) is 43.8 Å². The first kappa shape index (κ1) is 11.6.